The minimum atomic E-state index is -0.212. The van der Waals surface area contributed by atoms with E-state index < -0.39 is 0 Å². The fourth-order valence-electron chi connectivity index (χ4n) is 2.76. The summed E-state index contributed by atoms with van der Waals surface area (Å²) >= 11 is 0. The van der Waals surface area contributed by atoms with Crippen molar-refractivity contribution in [2.75, 3.05) is 51.7 Å². The molecule has 1 saturated carbocycles. The van der Waals surface area contributed by atoms with Gasteiger partial charge in [0.05, 0.1) is 0 Å². The van der Waals surface area contributed by atoms with Crippen LogP contribution >= 0.6 is 24.0 Å². The Kier molecular flexibility index (Phi) is 7.48. The summed E-state index contributed by atoms with van der Waals surface area (Å²) in [7, 11) is 3.49. The molecule has 1 N–H and O–H groups in total. The lowest BCUT2D eigenvalue weighted by Crippen LogP contribution is -2.53. The van der Waals surface area contributed by atoms with E-state index in [4.69, 9.17) is 0 Å². The third-order valence-corrected chi connectivity index (χ3v) is 4.54. The van der Waals surface area contributed by atoms with Gasteiger partial charge in [-0.25, -0.2) is 9.38 Å². The Labute approximate surface area is 171 Å². The van der Waals surface area contributed by atoms with E-state index in [1.54, 1.807) is 19.0 Å². The first-order chi connectivity index (χ1) is 12.0. The molecule has 0 aromatic heterocycles. The van der Waals surface area contributed by atoms with E-state index in [1.165, 1.54) is 12.1 Å². The maximum atomic E-state index is 13.1. The van der Waals surface area contributed by atoms with Crippen LogP contribution in [0.3, 0.4) is 0 Å². The van der Waals surface area contributed by atoms with Crippen molar-refractivity contribution in [3.8, 4) is 0 Å². The summed E-state index contributed by atoms with van der Waals surface area (Å²) in [5, 5.41) is 3.45. The number of likely N-dealkylation sites (N-methyl/N-ethyl adjacent to an activating group) is 1. The summed E-state index contributed by atoms with van der Waals surface area (Å²) in [5.41, 5.74) is 1.04. The van der Waals surface area contributed by atoms with Crippen molar-refractivity contribution >= 4 is 41.5 Å². The number of carbonyl (C=O) groups excluding carboxylic acids is 1. The van der Waals surface area contributed by atoms with E-state index in [2.05, 4.69) is 20.1 Å². The largest absolute Gasteiger partial charge is 0.368 e. The smallest absolute Gasteiger partial charge is 0.243 e. The number of rotatable bonds is 4. The van der Waals surface area contributed by atoms with Gasteiger partial charge in [-0.15, -0.1) is 24.0 Å². The number of halogens is 2. The monoisotopic (exact) mass is 475 g/mol. The Hall–Kier alpha value is -1.58. The van der Waals surface area contributed by atoms with E-state index in [1.807, 2.05) is 12.1 Å². The molecule has 1 amide bonds. The van der Waals surface area contributed by atoms with Crippen molar-refractivity contribution in [2.24, 2.45) is 4.99 Å². The third-order valence-electron chi connectivity index (χ3n) is 4.54. The van der Waals surface area contributed by atoms with Gasteiger partial charge in [0.15, 0.2) is 5.96 Å². The molecule has 1 saturated heterocycles. The van der Waals surface area contributed by atoms with Crippen LogP contribution in [0.15, 0.2) is 29.3 Å². The van der Waals surface area contributed by atoms with Crippen LogP contribution in [0.5, 0.6) is 0 Å². The lowest BCUT2D eigenvalue weighted by Gasteiger charge is -2.37. The van der Waals surface area contributed by atoms with Gasteiger partial charge in [0, 0.05) is 52.0 Å². The number of carbonyl (C=O) groups is 1. The van der Waals surface area contributed by atoms with Gasteiger partial charge in [-0.1, -0.05) is 0 Å². The molecule has 26 heavy (non-hydrogen) atoms. The first kappa shape index (κ1) is 20.7. The van der Waals surface area contributed by atoms with E-state index in [0.29, 0.717) is 6.04 Å². The van der Waals surface area contributed by atoms with E-state index >= 15 is 0 Å². The van der Waals surface area contributed by atoms with E-state index in [-0.39, 0.29) is 42.2 Å². The predicted molar refractivity (Wildman–Crippen MR) is 113 cm³/mol. The second kappa shape index (κ2) is 9.38. The van der Waals surface area contributed by atoms with Crippen LogP contribution in [0.4, 0.5) is 10.1 Å². The molecule has 144 valence electrons. The maximum absolute atomic E-state index is 13.1. The average molecular weight is 475 g/mol. The van der Waals surface area contributed by atoms with Crippen LogP contribution in [0.1, 0.15) is 12.8 Å². The standard InChI is InChI=1S/C18H26FN5O.HI/c1-22(2)17(25)13-20-18(21-15-5-6-15)24-11-9-23(10-12-24)16-7-3-14(19)4-8-16;/h3-4,7-8,15H,5-6,9-13H2,1-2H3,(H,20,21);1H. The number of nitrogens with one attached hydrogen (secondary N) is 1. The molecule has 8 heteroatoms. The summed E-state index contributed by atoms with van der Waals surface area (Å²) in [6.45, 7) is 3.51. The zero-order chi connectivity index (χ0) is 17.8. The summed E-state index contributed by atoms with van der Waals surface area (Å²) < 4.78 is 13.1. The number of anilines is 1. The minimum Gasteiger partial charge on any atom is -0.368 e. The lowest BCUT2D eigenvalue weighted by molar-refractivity contribution is -0.127. The van der Waals surface area contributed by atoms with Gasteiger partial charge in [0.2, 0.25) is 5.91 Å². The molecule has 3 rings (SSSR count). The molecule has 1 aromatic rings. The molecule has 1 heterocycles. The quantitative estimate of drug-likeness (QED) is 0.410. The number of hydrogen-bond donors (Lipinski definition) is 1. The molecule has 1 aromatic carbocycles. The summed E-state index contributed by atoms with van der Waals surface area (Å²) in [4.78, 5) is 22.4. The molecule has 2 fully saturated rings. The highest BCUT2D eigenvalue weighted by molar-refractivity contribution is 14.0. The SMILES string of the molecule is CN(C)C(=O)CN=C(NC1CC1)N1CCN(c2ccc(F)cc2)CC1.I. The van der Waals surface area contributed by atoms with E-state index in [0.717, 1.165) is 50.7 Å². The number of amides is 1. The van der Waals surface area contributed by atoms with Gasteiger partial charge in [0.25, 0.3) is 0 Å². The van der Waals surface area contributed by atoms with Crippen molar-refractivity contribution in [2.45, 2.75) is 18.9 Å². The van der Waals surface area contributed by atoms with Crippen LogP contribution in [0.2, 0.25) is 0 Å². The van der Waals surface area contributed by atoms with Gasteiger partial charge < -0.3 is 20.0 Å². The average Bonchev–Trinajstić information content (AvgIpc) is 3.43. The Morgan fingerprint density at radius 1 is 1.19 bits per heavy atom. The van der Waals surface area contributed by atoms with Crippen molar-refractivity contribution in [1.82, 2.24) is 15.1 Å². The number of guanidine groups is 1. The summed E-state index contributed by atoms with van der Waals surface area (Å²) in [5.74, 6) is 0.618. The molecule has 2 aliphatic rings. The topological polar surface area (TPSA) is 51.2 Å². The number of nitrogens with zero attached hydrogens (tertiary/aromatic N) is 4. The second-order valence-electron chi connectivity index (χ2n) is 6.80. The molecule has 1 aliphatic carbocycles. The van der Waals surface area contributed by atoms with Crippen molar-refractivity contribution in [3.05, 3.63) is 30.1 Å². The highest BCUT2D eigenvalue weighted by Gasteiger charge is 2.27. The molecule has 1 aliphatic heterocycles. The van der Waals surface area contributed by atoms with Crippen LogP contribution in [0, 0.1) is 5.82 Å². The second-order valence-corrected chi connectivity index (χ2v) is 6.80. The highest BCUT2D eigenvalue weighted by Crippen LogP contribution is 2.20. The Morgan fingerprint density at radius 2 is 1.81 bits per heavy atom. The van der Waals surface area contributed by atoms with Crippen LogP contribution in [-0.4, -0.2) is 74.5 Å². The third kappa shape index (κ3) is 5.72. The zero-order valence-electron chi connectivity index (χ0n) is 15.3. The normalized spacial score (nSPS) is 17.6. The lowest BCUT2D eigenvalue weighted by atomic mass is 10.2. The van der Waals surface area contributed by atoms with Gasteiger partial charge in [-0.2, -0.15) is 0 Å². The highest BCUT2D eigenvalue weighted by atomic mass is 127. The molecule has 0 atom stereocenters. The van der Waals surface area contributed by atoms with Gasteiger partial charge >= 0.3 is 0 Å². The van der Waals surface area contributed by atoms with Gasteiger partial charge in [-0.05, 0) is 37.1 Å². The predicted octanol–water partition coefficient (Wildman–Crippen LogP) is 1.76. The van der Waals surface area contributed by atoms with E-state index in [9.17, 15) is 9.18 Å². The number of hydrogen-bond acceptors (Lipinski definition) is 3. The van der Waals surface area contributed by atoms with Crippen molar-refractivity contribution in [3.63, 3.8) is 0 Å². The molecule has 0 bridgehead atoms. The molecule has 0 radical (unpaired) electrons. The molecule has 6 nitrogen and oxygen atoms in total. The first-order valence-corrected chi connectivity index (χ1v) is 8.79. The Morgan fingerprint density at radius 3 is 2.35 bits per heavy atom. The fourth-order valence-corrected chi connectivity index (χ4v) is 2.76. The minimum absolute atomic E-state index is 0. The number of benzene rings is 1. The molecular weight excluding hydrogens is 448 g/mol. The Bertz CT molecular complexity index is 625. The summed E-state index contributed by atoms with van der Waals surface area (Å²) in [6.07, 6.45) is 2.33. The van der Waals surface area contributed by atoms with Crippen LogP contribution in [-0.2, 0) is 4.79 Å². The van der Waals surface area contributed by atoms with Crippen LogP contribution < -0.4 is 10.2 Å². The van der Waals surface area contributed by atoms with Gasteiger partial charge in [0.1, 0.15) is 12.4 Å². The number of aliphatic imine (C=N–C) groups is 1. The maximum Gasteiger partial charge on any atom is 0.243 e. The molecular formula is C18H27FIN5O. The Balaban J connectivity index is 0.00000243. The van der Waals surface area contributed by atoms with Crippen LogP contribution in [0.25, 0.3) is 0 Å². The zero-order valence-corrected chi connectivity index (χ0v) is 17.7. The molecule has 0 unspecified atom stereocenters. The van der Waals surface area contributed by atoms with Crippen molar-refractivity contribution in [1.29, 1.82) is 0 Å². The molecule has 0 spiro atoms. The fraction of sp³-hybridized carbons (Fsp3) is 0.556. The summed E-state index contributed by atoms with van der Waals surface area (Å²) in [6, 6.07) is 7.12. The first-order valence-electron chi connectivity index (χ1n) is 8.79. The van der Waals surface area contributed by atoms with Gasteiger partial charge in [-0.3, -0.25) is 4.79 Å². The number of piperazine rings is 1. The van der Waals surface area contributed by atoms with Crippen molar-refractivity contribution < 1.29 is 9.18 Å².